The predicted molar refractivity (Wildman–Crippen MR) is 120 cm³/mol. The summed E-state index contributed by atoms with van der Waals surface area (Å²) < 4.78 is 59.6. The molecular formula is C23H34F2N2O5S. The number of rotatable bonds is 11. The van der Waals surface area contributed by atoms with Gasteiger partial charge in [0.05, 0.1) is 6.61 Å². The number of nitrogens with zero attached hydrogens (tertiary/aromatic N) is 1. The van der Waals surface area contributed by atoms with E-state index in [0.717, 1.165) is 35.7 Å². The van der Waals surface area contributed by atoms with Crippen molar-refractivity contribution in [2.75, 3.05) is 19.7 Å². The van der Waals surface area contributed by atoms with Gasteiger partial charge in [-0.2, -0.15) is 4.31 Å². The minimum atomic E-state index is -3.99. The lowest BCUT2D eigenvalue weighted by Crippen LogP contribution is -2.40. The van der Waals surface area contributed by atoms with Crippen LogP contribution in [-0.4, -0.2) is 61.5 Å². The van der Waals surface area contributed by atoms with Crippen molar-refractivity contribution in [2.45, 2.75) is 87.6 Å². The lowest BCUT2D eigenvalue weighted by molar-refractivity contribution is -0.140. The molecule has 2 N–H and O–H groups in total. The molecule has 1 aromatic rings. The van der Waals surface area contributed by atoms with Crippen LogP contribution in [0, 0.1) is 6.92 Å². The van der Waals surface area contributed by atoms with Crippen LogP contribution in [0.15, 0.2) is 23.1 Å². The average Bonchev–Trinajstić information content (AvgIpc) is 3.25. The number of benzene rings is 1. The number of sulfonamides is 1. The number of carbonyl (C=O) groups is 1. The summed E-state index contributed by atoms with van der Waals surface area (Å²) in [5.41, 5.74) is 0.849. The Balaban J connectivity index is 1.48. The highest BCUT2D eigenvalue weighted by molar-refractivity contribution is 7.89. The molecule has 3 rings (SSSR count). The highest BCUT2D eigenvalue weighted by Crippen LogP contribution is 2.34. The quantitative estimate of drug-likeness (QED) is 0.458. The smallest absolute Gasteiger partial charge is 0.322 e. The van der Waals surface area contributed by atoms with Crippen LogP contribution in [0.5, 0.6) is 5.75 Å². The number of hydrogen-bond donors (Lipinski definition) is 2. The van der Waals surface area contributed by atoms with E-state index in [1.807, 2.05) is 6.92 Å². The fraction of sp³-hybridized carbons (Fsp3) is 0.696. The second-order valence-electron chi connectivity index (χ2n) is 9.06. The maximum absolute atomic E-state index is 13.2. The summed E-state index contributed by atoms with van der Waals surface area (Å²) in [6, 6.07) is 3.93. The molecule has 1 atom stereocenters. The van der Waals surface area contributed by atoms with Gasteiger partial charge in [-0.1, -0.05) is 6.07 Å². The summed E-state index contributed by atoms with van der Waals surface area (Å²) in [4.78, 5) is 11.5. The first kappa shape index (κ1) is 25.8. The van der Waals surface area contributed by atoms with Gasteiger partial charge in [0.1, 0.15) is 16.7 Å². The molecule has 1 saturated heterocycles. The number of carboxylic acid groups (broad SMARTS) is 1. The van der Waals surface area contributed by atoms with Gasteiger partial charge in [0, 0.05) is 25.4 Å². The Morgan fingerprint density at radius 1 is 1.21 bits per heavy atom. The second kappa shape index (κ2) is 11.1. The van der Waals surface area contributed by atoms with E-state index in [1.54, 1.807) is 12.1 Å². The first-order valence-corrected chi connectivity index (χ1v) is 13.1. The summed E-state index contributed by atoms with van der Waals surface area (Å²) >= 11 is 0. The van der Waals surface area contributed by atoms with Crippen LogP contribution >= 0.6 is 0 Å². The Morgan fingerprint density at radius 3 is 2.64 bits per heavy atom. The molecule has 2 aliphatic rings. The number of hydrogen-bond acceptors (Lipinski definition) is 5. The Morgan fingerprint density at radius 2 is 1.94 bits per heavy atom. The molecule has 1 aliphatic carbocycles. The maximum atomic E-state index is 13.2. The van der Waals surface area contributed by atoms with Gasteiger partial charge in [-0.25, -0.2) is 17.2 Å². The lowest BCUT2D eigenvalue weighted by atomic mass is 9.92. The van der Waals surface area contributed by atoms with Crippen LogP contribution in [0.25, 0.3) is 0 Å². The number of alkyl halides is 2. The van der Waals surface area contributed by atoms with E-state index < -0.39 is 28.0 Å². The first-order valence-electron chi connectivity index (χ1n) is 11.7. The van der Waals surface area contributed by atoms with E-state index in [-0.39, 0.29) is 36.1 Å². The van der Waals surface area contributed by atoms with Crippen LogP contribution < -0.4 is 10.1 Å². The van der Waals surface area contributed by atoms with Gasteiger partial charge in [-0.15, -0.1) is 0 Å². The monoisotopic (exact) mass is 488 g/mol. The maximum Gasteiger partial charge on any atom is 0.322 e. The molecule has 0 unspecified atom stereocenters. The van der Waals surface area contributed by atoms with Gasteiger partial charge in [0.25, 0.3) is 0 Å². The number of carboxylic acids is 1. The first-order chi connectivity index (χ1) is 15.6. The van der Waals surface area contributed by atoms with Gasteiger partial charge in [0.2, 0.25) is 15.9 Å². The minimum Gasteiger partial charge on any atom is -0.492 e. The van der Waals surface area contributed by atoms with E-state index in [2.05, 4.69) is 5.32 Å². The number of aryl methyl sites for hydroxylation is 1. The van der Waals surface area contributed by atoms with Crippen molar-refractivity contribution in [1.82, 2.24) is 9.62 Å². The molecule has 33 heavy (non-hydrogen) atoms. The molecule has 1 aliphatic heterocycles. The highest BCUT2D eigenvalue weighted by atomic mass is 32.2. The normalized spacial score (nSPS) is 21.8. The van der Waals surface area contributed by atoms with E-state index in [4.69, 9.17) is 4.74 Å². The fourth-order valence-corrected chi connectivity index (χ4v) is 6.24. The molecule has 10 heteroatoms. The SMILES string of the molecule is Cc1ccc(S(=O)(=O)N2CCC[C@H]2C(=O)O)c(OCCCCCNC2CCC(F)(F)CC2)c1. The lowest BCUT2D eigenvalue weighted by Gasteiger charge is -2.28. The molecule has 1 saturated carbocycles. The summed E-state index contributed by atoms with van der Waals surface area (Å²) in [7, 11) is -3.99. The molecule has 1 aromatic carbocycles. The Labute approximate surface area is 194 Å². The number of nitrogens with one attached hydrogen (secondary N) is 1. The van der Waals surface area contributed by atoms with Crippen LogP contribution in [0.3, 0.4) is 0 Å². The topological polar surface area (TPSA) is 95.9 Å². The van der Waals surface area contributed by atoms with Gasteiger partial charge in [-0.05, 0) is 76.1 Å². The van der Waals surface area contributed by atoms with Crippen molar-refractivity contribution in [3.05, 3.63) is 23.8 Å². The van der Waals surface area contributed by atoms with Gasteiger partial charge in [-0.3, -0.25) is 4.79 Å². The zero-order valence-electron chi connectivity index (χ0n) is 19.1. The minimum absolute atomic E-state index is 0.00276. The number of ether oxygens (including phenoxy) is 1. The standard InChI is InChI=1S/C23H34F2N2O5S/c1-17-7-8-21(33(30,31)27-14-5-6-19(27)22(28)29)20(16-17)32-15-4-2-3-13-26-18-9-11-23(24,25)12-10-18/h7-8,16,18-19,26H,2-6,9-15H2,1H3,(H,28,29)/t19-/m0/s1. The second-order valence-corrected chi connectivity index (χ2v) is 10.9. The molecule has 1 heterocycles. The molecule has 0 spiro atoms. The van der Waals surface area contributed by atoms with Gasteiger partial charge >= 0.3 is 5.97 Å². The molecule has 0 amide bonds. The molecular weight excluding hydrogens is 454 g/mol. The molecule has 0 radical (unpaired) electrons. The van der Waals surface area contributed by atoms with Crippen molar-refractivity contribution in [3.63, 3.8) is 0 Å². The third kappa shape index (κ3) is 6.86. The highest BCUT2D eigenvalue weighted by Gasteiger charge is 2.40. The number of halogens is 2. The largest absolute Gasteiger partial charge is 0.492 e. The molecule has 7 nitrogen and oxygen atoms in total. The van der Waals surface area contributed by atoms with Gasteiger partial charge < -0.3 is 15.2 Å². The number of unbranched alkanes of at least 4 members (excludes halogenated alkanes) is 2. The Bertz CT molecular complexity index is 915. The molecule has 0 bridgehead atoms. The zero-order chi connectivity index (χ0) is 24.1. The van der Waals surface area contributed by atoms with E-state index in [0.29, 0.717) is 32.3 Å². The van der Waals surface area contributed by atoms with E-state index in [1.165, 1.54) is 6.07 Å². The average molecular weight is 489 g/mol. The van der Waals surface area contributed by atoms with Crippen molar-refractivity contribution >= 4 is 16.0 Å². The summed E-state index contributed by atoms with van der Waals surface area (Å²) in [6.07, 6.45) is 4.17. The third-order valence-electron chi connectivity index (χ3n) is 6.40. The Kier molecular flexibility index (Phi) is 8.69. The number of aliphatic carboxylic acids is 1. The summed E-state index contributed by atoms with van der Waals surface area (Å²) in [6.45, 7) is 3.11. The summed E-state index contributed by atoms with van der Waals surface area (Å²) in [5.74, 6) is -3.41. The van der Waals surface area contributed by atoms with Crippen molar-refractivity contribution < 1.29 is 31.8 Å². The molecule has 2 fully saturated rings. The molecule has 0 aromatic heterocycles. The van der Waals surface area contributed by atoms with E-state index in [9.17, 15) is 27.1 Å². The van der Waals surface area contributed by atoms with Crippen molar-refractivity contribution in [3.8, 4) is 5.75 Å². The van der Waals surface area contributed by atoms with Crippen LogP contribution in [0.4, 0.5) is 8.78 Å². The van der Waals surface area contributed by atoms with Gasteiger partial charge in [0.15, 0.2) is 0 Å². The van der Waals surface area contributed by atoms with Crippen LogP contribution in [-0.2, 0) is 14.8 Å². The van der Waals surface area contributed by atoms with Crippen LogP contribution in [0.2, 0.25) is 0 Å². The predicted octanol–water partition coefficient (Wildman–Crippen LogP) is 3.95. The third-order valence-corrected chi connectivity index (χ3v) is 8.35. The van der Waals surface area contributed by atoms with E-state index >= 15 is 0 Å². The Hall–Kier alpha value is -1.78. The molecule has 186 valence electrons. The fourth-order valence-electron chi connectivity index (χ4n) is 4.48. The summed E-state index contributed by atoms with van der Waals surface area (Å²) in [5, 5.41) is 12.7. The van der Waals surface area contributed by atoms with Crippen LogP contribution in [0.1, 0.15) is 63.4 Å². The van der Waals surface area contributed by atoms with Crippen molar-refractivity contribution in [2.24, 2.45) is 0 Å². The van der Waals surface area contributed by atoms with Crippen molar-refractivity contribution in [1.29, 1.82) is 0 Å². The zero-order valence-corrected chi connectivity index (χ0v) is 19.9.